The van der Waals surface area contributed by atoms with Gasteiger partial charge in [-0.3, -0.25) is 9.10 Å². The Labute approximate surface area is 158 Å². The molecule has 0 radical (unpaired) electrons. The van der Waals surface area contributed by atoms with Gasteiger partial charge in [0.25, 0.3) is 0 Å². The lowest BCUT2D eigenvalue weighted by Crippen LogP contribution is -2.45. The maximum atomic E-state index is 13.6. The van der Waals surface area contributed by atoms with Gasteiger partial charge in [-0.2, -0.15) is 0 Å². The number of carbonyl (C=O) groups is 1. The van der Waals surface area contributed by atoms with E-state index in [4.69, 9.17) is 0 Å². The molecule has 0 heterocycles. The molecule has 146 valence electrons. The highest BCUT2D eigenvalue weighted by Crippen LogP contribution is 2.26. The number of sulfonamides is 1. The van der Waals surface area contributed by atoms with Crippen molar-refractivity contribution in [2.24, 2.45) is 0 Å². The summed E-state index contributed by atoms with van der Waals surface area (Å²) in [7, 11) is -3.93. The van der Waals surface area contributed by atoms with Crippen LogP contribution in [0.4, 0.5) is 20.2 Å². The Morgan fingerprint density at radius 3 is 2.07 bits per heavy atom. The fourth-order valence-electron chi connectivity index (χ4n) is 3.04. The van der Waals surface area contributed by atoms with Gasteiger partial charge in [0, 0.05) is 11.8 Å². The van der Waals surface area contributed by atoms with Crippen molar-refractivity contribution >= 4 is 27.3 Å². The lowest BCUT2D eigenvalue weighted by atomic mass is 10.0. The Morgan fingerprint density at radius 2 is 1.59 bits per heavy atom. The molecule has 0 spiro atoms. The molecule has 0 saturated carbocycles. The molecule has 2 aromatic carbocycles. The number of hydrogen-bond donors (Lipinski definition) is 1. The van der Waals surface area contributed by atoms with Crippen LogP contribution in [0.5, 0.6) is 0 Å². The van der Waals surface area contributed by atoms with Crippen LogP contribution in [0.3, 0.4) is 0 Å². The van der Waals surface area contributed by atoms with E-state index >= 15 is 0 Å². The molecule has 1 N–H and O–H groups in total. The summed E-state index contributed by atoms with van der Waals surface area (Å²) in [6, 6.07) is 5.31. The third kappa shape index (κ3) is 4.63. The summed E-state index contributed by atoms with van der Waals surface area (Å²) in [6.07, 6.45) is 0.903. The fraction of sp³-hybridized carbons (Fsp3) is 0.316. The number of carbonyl (C=O) groups excluding carboxylic acids is 1. The third-order valence-electron chi connectivity index (χ3n) is 4.17. The van der Waals surface area contributed by atoms with Gasteiger partial charge >= 0.3 is 0 Å². The molecule has 0 aliphatic rings. The van der Waals surface area contributed by atoms with E-state index in [9.17, 15) is 22.0 Å². The van der Waals surface area contributed by atoms with Crippen molar-refractivity contribution in [2.45, 2.75) is 33.7 Å². The van der Waals surface area contributed by atoms with Crippen molar-refractivity contribution in [3.05, 3.63) is 58.7 Å². The van der Waals surface area contributed by atoms with E-state index in [1.807, 2.05) is 32.9 Å². The minimum Gasteiger partial charge on any atom is -0.324 e. The highest BCUT2D eigenvalue weighted by molar-refractivity contribution is 7.92. The molecule has 1 amide bonds. The highest BCUT2D eigenvalue weighted by atomic mass is 32.2. The zero-order valence-electron chi connectivity index (χ0n) is 15.8. The molecule has 0 fully saturated rings. The van der Waals surface area contributed by atoms with Crippen LogP contribution in [0.2, 0.25) is 0 Å². The smallest absolute Gasteiger partial charge is 0.248 e. The minimum atomic E-state index is -3.93. The summed E-state index contributed by atoms with van der Waals surface area (Å²) in [6.45, 7) is 6.99. The predicted octanol–water partition coefficient (Wildman–Crippen LogP) is 3.68. The summed E-state index contributed by atoms with van der Waals surface area (Å²) in [4.78, 5) is 12.7. The molecule has 2 rings (SSSR count). The second-order valence-electron chi connectivity index (χ2n) is 6.60. The van der Waals surface area contributed by atoms with E-state index < -0.39 is 33.6 Å². The summed E-state index contributed by atoms with van der Waals surface area (Å²) in [5.74, 6) is -2.88. The number of hydrogen-bond acceptors (Lipinski definition) is 3. The van der Waals surface area contributed by atoms with Gasteiger partial charge in [0.2, 0.25) is 15.9 Å². The summed E-state index contributed by atoms with van der Waals surface area (Å²) >= 11 is 0. The van der Waals surface area contributed by atoms with E-state index in [2.05, 4.69) is 5.32 Å². The highest BCUT2D eigenvalue weighted by Gasteiger charge is 2.30. The second kappa shape index (κ2) is 7.64. The van der Waals surface area contributed by atoms with Gasteiger partial charge in [-0.25, -0.2) is 17.2 Å². The average Bonchev–Trinajstić information content (AvgIpc) is 2.52. The van der Waals surface area contributed by atoms with Crippen LogP contribution >= 0.6 is 0 Å². The largest absolute Gasteiger partial charge is 0.324 e. The monoisotopic (exact) mass is 396 g/mol. The minimum absolute atomic E-state index is 0.128. The first-order valence-corrected chi connectivity index (χ1v) is 10.1. The molecule has 8 heteroatoms. The van der Waals surface area contributed by atoms with Gasteiger partial charge in [0.1, 0.15) is 6.04 Å². The molecule has 27 heavy (non-hydrogen) atoms. The van der Waals surface area contributed by atoms with E-state index in [0.717, 1.165) is 45.5 Å². The number of aryl methyl sites for hydroxylation is 3. The van der Waals surface area contributed by atoms with E-state index in [0.29, 0.717) is 5.69 Å². The fourth-order valence-corrected chi connectivity index (χ4v) is 4.20. The number of amides is 1. The van der Waals surface area contributed by atoms with Crippen LogP contribution in [0.1, 0.15) is 23.6 Å². The quantitative estimate of drug-likeness (QED) is 0.838. The first-order valence-electron chi connectivity index (χ1n) is 8.25. The topological polar surface area (TPSA) is 66.5 Å². The number of benzene rings is 2. The Balaban J connectivity index is 2.40. The van der Waals surface area contributed by atoms with Crippen LogP contribution in [0.25, 0.3) is 0 Å². The first-order chi connectivity index (χ1) is 12.4. The van der Waals surface area contributed by atoms with Crippen LogP contribution in [0.15, 0.2) is 30.3 Å². The van der Waals surface area contributed by atoms with Crippen LogP contribution in [0, 0.1) is 32.4 Å². The maximum Gasteiger partial charge on any atom is 0.248 e. The lowest BCUT2D eigenvalue weighted by Gasteiger charge is -2.28. The number of halogens is 2. The molecule has 0 aliphatic heterocycles. The molecular weight excluding hydrogens is 374 g/mol. The molecule has 0 bridgehead atoms. The maximum absolute atomic E-state index is 13.6. The van der Waals surface area contributed by atoms with Crippen molar-refractivity contribution in [3.63, 3.8) is 0 Å². The number of nitrogens with zero attached hydrogens (tertiary/aromatic N) is 1. The Bertz CT molecular complexity index is 967. The molecule has 2 aromatic rings. The second-order valence-corrected chi connectivity index (χ2v) is 8.46. The van der Waals surface area contributed by atoms with Gasteiger partial charge in [0.05, 0.1) is 11.9 Å². The van der Waals surface area contributed by atoms with Crippen molar-refractivity contribution in [1.29, 1.82) is 0 Å². The average molecular weight is 396 g/mol. The van der Waals surface area contributed by atoms with E-state index in [-0.39, 0.29) is 5.69 Å². The number of anilines is 2. The molecule has 0 aromatic heterocycles. The van der Waals surface area contributed by atoms with E-state index in [1.165, 1.54) is 6.92 Å². The first kappa shape index (κ1) is 20.8. The summed E-state index contributed by atoms with van der Waals surface area (Å²) in [5, 5.41) is 2.74. The Morgan fingerprint density at radius 1 is 1.04 bits per heavy atom. The van der Waals surface area contributed by atoms with Crippen molar-refractivity contribution < 1.29 is 22.0 Å². The number of rotatable bonds is 5. The van der Waals surface area contributed by atoms with Gasteiger partial charge in [-0.05, 0) is 51.0 Å². The normalized spacial score (nSPS) is 12.6. The van der Waals surface area contributed by atoms with Crippen LogP contribution < -0.4 is 9.62 Å². The van der Waals surface area contributed by atoms with Gasteiger partial charge in [0.15, 0.2) is 11.6 Å². The standard InChI is InChI=1S/C19H22F2N2O3S/c1-11-8-12(2)18(13(3)9-11)22-19(24)14(4)23(27(5,25)26)15-6-7-16(20)17(21)10-15/h6-10,14H,1-5H3,(H,22,24)/t14-/m1/s1. The molecule has 0 aliphatic carbocycles. The predicted molar refractivity (Wildman–Crippen MR) is 102 cm³/mol. The van der Waals surface area contributed by atoms with Gasteiger partial charge < -0.3 is 5.32 Å². The van der Waals surface area contributed by atoms with Crippen molar-refractivity contribution in [3.8, 4) is 0 Å². The third-order valence-corrected chi connectivity index (χ3v) is 5.41. The molecular formula is C19H22F2N2O3S. The number of nitrogens with one attached hydrogen (secondary N) is 1. The molecule has 1 atom stereocenters. The molecule has 5 nitrogen and oxygen atoms in total. The summed E-state index contributed by atoms with van der Waals surface area (Å²) in [5.41, 5.74) is 3.18. The van der Waals surface area contributed by atoms with Crippen molar-refractivity contribution in [1.82, 2.24) is 0 Å². The van der Waals surface area contributed by atoms with Crippen LogP contribution in [-0.4, -0.2) is 26.6 Å². The lowest BCUT2D eigenvalue weighted by molar-refractivity contribution is -0.116. The van der Waals surface area contributed by atoms with Crippen LogP contribution in [-0.2, 0) is 14.8 Å². The summed E-state index contributed by atoms with van der Waals surface area (Å²) < 4.78 is 52.0. The molecule has 0 saturated heterocycles. The SMILES string of the molecule is Cc1cc(C)c(NC(=O)[C@@H](C)N(c2ccc(F)c(F)c2)S(C)(=O)=O)c(C)c1. The van der Waals surface area contributed by atoms with E-state index in [1.54, 1.807) is 0 Å². The Hall–Kier alpha value is -2.48. The Kier molecular flexibility index (Phi) is 5.89. The van der Waals surface area contributed by atoms with Crippen molar-refractivity contribution in [2.75, 3.05) is 15.9 Å². The zero-order valence-corrected chi connectivity index (χ0v) is 16.6. The van der Waals surface area contributed by atoms with Gasteiger partial charge in [-0.15, -0.1) is 0 Å². The molecule has 0 unspecified atom stereocenters. The zero-order chi connectivity index (χ0) is 20.5. The van der Waals surface area contributed by atoms with Gasteiger partial charge in [-0.1, -0.05) is 17.7 Å².